The lowest BCUT2D eigenvalue weighted by molar-refractivity contribution is 0.159. The maximum Gasteiger partial charge on any atom is 0.247 e. The quantitative estimate of drug-likeness (QED) is 0.887. The predicted octanol–water partition coefficient (Wildman–Crippen LogP) is 2.59. The van der Waals surface area contributed by atoms with Crippen molar-refractivity contribution in [3.8, 4) is 11.5 Å². The van der Waals surface area contributed by atoms with Crippen LogP contribution in [0.4, 0.5) is 0 Å². The Kier molecular flexibility index (Phi) is 5.11. The molecule has 5 nitrogen and oxygen atoms in total. The standard InChI is InChI=1S/C14H18ClN3O2/c1-10(19)7-8-18(2)9-13-16-17-14(20-13)11-3-5-12(15)6-4-11/h3-6,10,19H,7-9H2,1-2H3. The monoisotopic (exact) mass is 295 g/mol. The Morgan fingerprint density at radius 1 is 1.30 bits per heavy atom. The van der Waals surface area contributed by atoms with Gasteiger partial charge in [0.1, 0.15) is 0 Å². The normalized spacial score (nSPS) is 12.8. The van der Waals surface area contributed by atoms with E-state index in [1.807, 2.05) is 24.1 Å². The molecule has 1 heterocycles. The Morgan fingerprint density at radius 2 is 2.00 bits per heavy atom. The van der Waals surface area contributed by atoms with E-state index in [-0.39, 0.29) is 6.10 Å². The second kappa shape index (κ2) is 6.83. The van der Waals surface area contributed by atoms with Crippen LogP contribution in [-0.2, 0) is 6.54 Å². The Morgan fingerprint density at radius 3 is 2.65 bits per heavy atom. The van der Waals surface area contributed by atoms with E-state index in [2.05, 4.69) is 10.2 Å². The molecule has 0 aliphatic carbocycles. The van der Waals surface area contributed by atoms with E-state index in [1.54, 1.807) is 19.1 Å². The fraction of sp³-hybridized carbons (Fsp3) is 0.429. The van der Waals surface area contributed by atoms with Gasteiger partial charge in [-0.25, -0.2) is 0 Å². The zero-order chi connectivity index (χ0) is 14.5. The zero-order valence-corrected chi connectivity index (χ0v) is 12.3. The van der Waals surface area contributed by atoms with Crippen LogP contribution in [0.15, 0.2) is 28.7 Å². The van der Waals surface area contributed by atoms with Crippen LogP contribution in [0.3, 0.4) is 0 Å². The number of rotatable bonds is 6. The molecule has 0 amide bonds. The summed E-state index contributed by atoms with van der Waals surface area (Å²) in [7, 11) is 1.95. The van der Waals surface area contributed by atoms with E-state index in [0.717, 1.165) is 12.1 Å². The summed E-state index contributed by atoms with van der Waals surface area (Å²) in [5, 5.41) is 18.0. The average molecular weight is 296 g/mol. The summed E-state index contributed by atoms with van der Waals surface area (Å²) in [6.45, 7) is 3.11. The van der Waals surface area contributed by atoms with Crippen molar-refractivity contribution in [1.29, 1.82) is 0 Å². The second-order valence-electron chi connectivity index (χ2n) is 4.88. The summed E-state index contributed by atoms with van der Waals surface area (Å²) in [5.74, 6) is 1.05. The third-order valence-corrected chi connectivity index (χ3v) is 3.14. The van der Waals surface area contributed by atoms with E-state index < -0.39 is 0 Å². The number of hydrogen-bond donors (Lipinski definition) is 1. The summed E-state index contributed by atoms with van der Waals surface area (Å²) in [5.41, 5.74) is 0.847. The first-order chi connectivity index (χ1) is 9.54. The lowest BCUT2D eigenvalue weighted by Crippen LogP contribution is -2.22. The van der Waals surface area contributed by atoms with E-state index >= 15 is 0 Å². The molecule has 0 aliphatic rings. The van der Waals surface area contributed by atoms with Gasteiger partial charge in [-0.05, 0) is 44.7 Å². The van der Waals surface area contributed by atoms with Crippen molar-refractivity contribution in [1.82, 2.24) is 15.1 Å². The molecule has 1 N–H and O–H groups in total. The molecule has 0 fully saturated rings. The van der Waals surface area contributed by atoms with Gasteiger partial charge in [-0.15, -0.1) is 10.2 Å². The van der Waals surface area contributed by atoms with Gasteiger partial charge in [0.05, 0.1) is 12.6 Å². The minimum Gasteiger partial charge on any atom is -0.419 e. The van der Waals surface area contributed by atoms with Crippen molar-refractivity contribution in [3.63, 3.8) is 0 Å². The molecular weight excluding hydrogens is 278 g/mol. The predicted molar refractivity (Wildman–Crippen MR) is 77.4 cm³/mol. The molecule has 0 saturated carbocycles. The maximum absolute atomic E-state index is 9.25. The molecule has 1 unspecified atom stereocenters. The topological polar surface area (TPSA) is 62.4 Å². The van der Waals surface area contributed by atoms with Gasteiger partial charge in [-0.3, -0.25) is 4.90 Å². The third kappa shape index (κ3) is 4.30. The van der Waals surface area contributed by atoms with Gasteiger partial charge >= 0.3 is 0 Å². The van der Waals surface area contributed by atoms with Gasteiger partial charge in [0.2, 0.25) is 11.8 Å². The van der Waals surface area contributed by atoms with Gasteiger partial charge in [0.25, 0.3) is 0 Å². The fourth-order valence-electron chi connectivity index (χ4n) is 1.74. The zero-order valence-electron chi connectivity index (χ0n) is 11.6. The van der Waals surface area contributed by atoms with Crippen molar-refractivity contribution in [2.75, 3.05) is 13.6 Å². The molecule has 0 bridgehead atoms. The summed E-state index contributed by atoms with van der Waals surface area (Å²) in [4.78, 5) is 2.03. The van der Waals surface area contributed by atoms with Crippen molar-refractivity contribution in [2.45, 2.75) is 26.0 Å². The summed E-state index contributed by atoms with van der Waals surface area (Å²) >= 11 is 5.84. The Hall–Kier alpha value is -1.43. The van der Waals surface area contributed by atoms with E-state index in [1.165, 1.54) is 0 Å². The lowest BCUT2D eigenvalue weighted by atomic mass is 10.2. The lowest BCUT2D eigenvalue weighted by Gasteiger charge is -2.14. The average Bonchev–Trinajstić information content (AvgIpc) is 2.85. The van der Waals surface area contributed by atoms with Crippen LogP contribution < -0.4 is 0 Å². The van der Waals surface area contributed by atoms with Crippen LogP contribution in [0.5, 0.6) is 0 Å². The highest BCUT2D eigenvalue weighted by Crippen LogP contribution is 2.20. The minimum atomic E-state index is -0.301. The summed E-state index contributed by atoms with van der Waals surface area (Å²) in [6, 6.07) is 7.26. The molecule has 0 saturated heterocycles. The molecular formula is C14H18ClN3O2. The van der Waals surface area contributed by atoms with E-state index in [9.17, 15) is 5.11 Å². The number of aliphatic hydroxyl groups excluding tert-OH is 1. The summed E-state index contributed by atoms with van der Waals surface area (Å²) in [6.07, 6.45) is 0.416. The molecule has 2 rings (SSSR count). The van der Waals surface area contributed by atoms with Crippen molar-refractivity contribution in [3.05, 3.63) is 35.2 Å². The first-order valence-electron chi connectivity index (χ1n) is 6.49. The molecule has 1 aromatic heterocycles. The van der Waals surface area contributed by atoms with Crippen molar-refractivity contribution >= 4 is 11.6 Å². The van der Waals surface area contributed by atoms with Crippen LogP contribution in [0, 0.1) is 0 Å². The molecule has 0 radical (unpaired) electrons. The smallest absolute Gasteiger partial charge is 0.247 e. The van der Waals surface area contributed by atoms with Gasteiger partial charge in [-0.2, -0.15) is 0 Å². The van der Waals surface area contributed by atoms with Crippen LogP contribution in [0.2, 0.25) is 5.02 Å². The second-order valence-corrected chi connectivity index (χ2v) is 5.32. The number of benzene rings is 1. The van der Waals surface area contributed by atoms with Crippen LogP contribution >= 0.6 is 11.6 Å². The molecule has 108 valence electrons. The molecule has 20 heavy (non-hydrogen) atoms. The maximum atomic E-state index is 9.25. The number of nitrogens with zero attached hydrogens (tertiary/aromatic N) is 3. The Labute approximate surface area is 123 Å². The first-order valence-corrected chi connectivity index (χ1v) is 6.87. The van der Waals surface area contributed by atoms with Crippen molar-refractivity contribution < 1.29 is 9.52 Å². The highest BCUT2D eigenvalue weighted by Gasteiger charge is 2.11. The molecule has 0 aliphatic heterocycles. The highest BCUT2D eigenvalue weighted by molar-refractivity contribution is 6.30. The molecule has 0 spiro atoms. The fourth-order valence-corrected chi connectivity index (χ4v) is 1.87. The van der Waals surface area contributed by atoms with Crippen LogP contribution in [0.25, 0.3) is 11.5 Å². The first kappa shape index (κ1) is 15.0. The number of halogens is 1. The van der Waals surface area contributed by atoms with Gasteiger partial charge in [0, 0.05) is 17.1 Å². The molecule has 2 aromatic rings. The van der Waals surface area contributed by atoms with Gasteiger partial charge in [-0.1, -0.05) is 11.6 Å². The Bertz CT molecular complexity index is 540. The van der Waals surface area contributed by atoms with Crippen LogP contribution in [-0.4, -0.2) is 39.9 Å². The van der Waals surface area contributed by atoms with E-state index in [0.29, 0.717) is 29.8 Å². The van der Waals surface area contributed by atoms with Crippen molar-refractivity contribution in [2.24, 2.45) is 0 Å². The third-order valence-electron chi connectivity index (χ3n) is 2.89. The largest absolute Gasteiger partial charge is 0.419 e. The molecule has 6 heteroatoms. The number of aliphatic hydroxyl groups is 1. The summed E-state index contributed by atoms with van der Waals surface area (Å²) < 4.78 is 5.62. The minimum absolute atomic E-state index is 0.301. The highest BCUT2D eigenvalue weighted by atomic mass is 35.5. The van der Waals surface area contributed by atoms with Gasteiger partial charge < -0.3 is 9.52 Å². The SMILES string of the molecule is CC(O)CCN(C)Cc1nnc(-c2ccc(Cl)cc2)o1. The van der Waals surface area contributed by atoms with E-state index in [4.69, 9.17) is 16.0 Å². The van der Waals surface area contributed by atoms with Gasteiger partial charge in [0.15, 0.2) is 0 Å². The van der Waals surface area contributed by atoms with Crippen LogP contribution in [0.1, 0.15) is 19.2 Å². The number of hydrogen-bond acceptors (Lipinski definition) is 5. The molecule has 1 aromatic carbocycles. The molecule has 1 atom stereocenters. The Balaban J connectivity index is 1.96. The number of aromatic nitrogens is 2.